The molecule has 0 N–H and O–H groups in total. The summed E-state index contributed by atoms with van der Waals surface area (Å²) in [7, 11) is -0.755. The molecule has 0 radical (unpaired) electrons. The summed E-state index contributed by atoms with van der Waals surface area (Å²) in [5, 5.41) is 0. The maximum absolute atomic E-state index is 2.49. The smallest absolute Gasteiger partial charge is 0.0442 e. The Kier molecular flexibility index (Phi) is 16.6. The topological polar surface area (TPSA) is 0 Å². The molecule has 0 aromatic carbocycles. The van der Waals surface area contributed by atoms with Gasteiger partial charge in [-0.05, 0) is 0 Å². The zero-order chi connectivity index (χ0) is 13.7. The van der Waals surface area contributed by atoms with Gasteiger partial charge >= 0.3 is 0 Å². The van der Waals surface area contributed by atoms with Gasteiger partial charge in [0.25, 0.3) is 0 Å². The molecular weight excluding hydrogens is 244 g/mol. The van der Waals surface area contributed by atoms with E-state index >= 15 is 0 Å². The van der Waals surface area contributed by atoms with E-state index in [1.807, 2.05) is 0 Å². The van der Waals surface area contributed by atoms with Crippen molar-refractivity contribution in [2.75, 3.05) is 0 Å². The van der Waals surface area contributed by atoms with Gasteiger partial charge in [-0.1, -0.05) is 117 Å². The van der Waals surface area contributed by atoms with Crippen molar-refractivity contribution in [2.24, 2.45) is 0 Å². The standard InChI is InChI=1S/C17H38Si.CH4/c1-5-6-7-8-9-10-11-12-13-14-15-16-17-18(2,3)4;/h5-17H2,1-4H3;1H4. The highest BCUT2D eigenvalue weighted by atomic mass is 28.3. The maximum Gasteiger partial charge on any atom is 0.0442 e. The summed E-state index contributed by atoms with van der Waals surface area (Å²) in [5.41, 5.74) is 0. The highest BCUT2D eigenvalue weighted by molar-refractivity contribution is 6.76. The Hall–Kier alpha value is 0.217. The van der Waals surface area contributed by atoms with Crippen LogP contribution in [-0.4, -0.2) is 8.07 Å². The molecule has 0 aliphatic rings. The van der Waals surface area contributed by atoms with Crippen molar-refractivity contribution in [3.63, 3.8) is 0 Å². The number of hydrogen-bond acceptors (Lipinski definition) is 0. The van der Waals surface area contributed by atoms with Crippen molar-refractivity contribution in [1.29, 1.82) is 0 Å². The van der Waals surface area contributed by atoms with Gasteiger partial charge in [-0.2, -0.15) is 0 Å². The molecule has 0 amide bonds. The molecule has 0 unspecified atom stereocenters. The van der Waals surface area contributed by atoms with E-state index in [2.05, 4.69) is 26.6 Å². The average Bonchev–Trinajstić information content (AvgIpc) is 2.29. The molecule has 19 heavy (non-hydrogen) atoms. The zero-order valence-corrected chi connectivity index (χ0v) is 14.7. The van der Waals surface area contributed by atoms with Gasteiger partial charge in [-0.15, -0.1) is 0 Å². The Morgan fingerprint density at radius 2 is 0.842 bits per heavy atom. The van der Waals surface area contributed by atoms with E-state index in [1.54, 1.807) is 0 Å². The molecule has 0 fully saturated rings. The molecule has 0 heterocycles. The van der Waals surface area contributed by atoms with Crippen molar-refractivity contribution in [2.45, 2.75) is 117 Å². The second-order valence-electron chi connectivity index (χ2n) is 7.20. The van der Waals surface area contributed by atoms with Crippen molar-refractivity contribution in [1.82, 2.24) is 0 Å². The molecule has 0 atom stereocenters. The predicted molar refractivity (Wildman–Crippen MR) is 96.0 cm³/mol. The Balaban J connectivity index is 0. The quantitative estimate of drug-likeness (QED) is 0.241. The minimum Gasteiger partial charge on any atom is -0.0776 e. The maximum atomic E-state index is 2.49. The van der Waals surface area contributed by atoms with Gasteiger partial charge in [0.2, 0.25) is 0 Å². The van der Waals surface area contributed by atoms with Crippen molar-refractivity contribution in [3.8, 4) is 0 Å². The monoisotopic (exact) mass is 286 g/mol. The van der Waals surface area contributed by atoms with Gasteiger partial charge in [0.15, 0.2) is 0 Å². The number of unbranched alkanes of at least 4 members (excludes halogenated alkanes) is 11. The van der Waals surface area contributed by atoms with Crippen LogP contribution in [-0.2, 0) is 0 Å². The lowest BCUT2D eigenvalue weighted by atomic mass is 10.1. The van der Waals surface area contributed by atoms with E-state index in [-0.39, 0.29) is 7.43 Å². The van der Waals surface area contributed by atoms with Crippen LogP contribution >= 0.6 is 0 Å². The number of hydrogen-bond donors (Lipinski definition) is 0. The van der Waals surface area contributed by atoms with Gasteiger partial charge in [0.05, 0.1) is 0 Å². The molecule has 0 aromatic heterocycles. The normalized spacial score (nSPS) is 11.4. The van der Waals surface area contributed by atoms with Crippen molar-refractivity contribution >= 4 is 8.07 Å². The lowest BCUT2D eigenvalue weighted by Gasteiger charge is -2.14. The summed E-state index contributed by atoms with van der Waals surface area (Å²) in [6.07, 6.45) is 17.6. The minimum absolute atomic E-state index is 0. The number of rotatable bonds is 13. The summed E-state index contributed by atoms with van der Waals surface area (Å²) >= 11 is 0. The Morgan fingerprint density at radius 3 is 1.16 bits per heavy atom. The van der Waals surface area contributed by atoms with E-state index in [4.69, 9.17) is 0 Å². The Labute approximate surface area is 125 Å². The summed E-state index contributed by atoms with van der Waals surface area (Å²) < 4.78 is 0. The van der Waals surface area contributed by atoms with Crippen LogP contribution in [0, 0.1) is 0 Å². The highest BCUT2D eigenvalue weighted by Gasteiger charge is 2.11. The molecule has 0 saturated carbocycles. The predicted octanol–water partition coefficient (Wildman–Crippen LogP) is 7.66. The van der Waals surface area contributed by atoms with E-state index in [1.165, 1.54) is 83.1 Å². The van der Waals surface area contributed by atoms with Crippen LogP contribution in [0.5, 0.6) is 0 Å². The van der Waals surface area contributed by atoms with Gasteiger partial charge in [0.1, 0.15) is 0 Å². The van der Waals surface area contributed by atoms with E-state index in [0.717, 1.165) is 0 Å². The molecule has 0 saturated heterocycles. The first-order valence-corrected chi connectivity index (χ1v) is 12.3. The molecular formula is C18H42Si. The van der Waals surface area contributed by atoms with Crippen LogP contribution < -0.4 is 0 Å². The molecule has 0 spiro atoms. The van der Waals surface area contributed by atoms with Crippen LogP contribution in [0.1, 0.15) is 91.4 Å². The van der Waals surface area contributed by atoms with Crippen LogP contribution in [0.2, 0.25) is 25.7 Å². The molecule has 118 valence electrons. The molecule has 0 aliphatic carbocycles. The lowest BCUT2D eigenvalue weighted by Crippen LogP contribution is -2.18. The Morgan fingerprint density at radius 1 is 0.526 bits per heavy atom. The van der Waals surface area contributed by atoms with Gasteiger partial charge < -0.3 is 0 Å². The van der Waals surface area contributed by atoms with E-state index in [0.29, 0.717) is 0 Å². The van der Waals surface area contributed by atoms with Crippen molar-refractivity contribution < 1.29 is 0 Å². The van der Waals surface area contributed by atoms with Gasteiger partial charge in [-0.25, -0.2) is 0 Å². The van der Waals surface area contributed by atoms with Crippen LogP contribution in [0.15, 0.2) is 0 Å². The van der Waals surface area contributed by atoms with Crippen LogP contribution in [0.3, 0.4) is 0 Å². The third kappa shape index (κ3) is 20.7. The van der Waals surface area contributed by atoms with Gasteiger partial charge in [-0.3, -0.25) is 0 Å². The summed E-state index contributed by atoms with van der Waals surface area (Å²) in [6.45, 7) is 9.77. The van der Waals surface area contributed by atoms with E-state index < -0.39 is 8.07 Å². The average molecular weight is 287 g/mol. The molecule has 1 heteroatoms. The molecule has 0 rings (SSSR count). The molecule has 0 aliphatic heterocycles. The fraction of sp³-hybridized carbons (Fsp3) is 1.00. The third-order valence-corrected chi connectivity index (χ3v) is 5.63. The summed E-state index contributed by atoms with van der Waals surface area (Å²) in [6, 6.07) is 1.53. The second-order valence-corrected chi connectivity index (χ2v) is 12.8. The second kappa shape index (κ2) is 14.6. The minimum atomic E-state index is -0.755. The van der Waals surface area contributed by atoms with Crippen molar-refractivity contribution in [3.05, 3.63) is 0 Å². The molecule has 0 nitrogen and oxygen atoms in total. The first-order valence-electron chi connectivity index (χ1n) is 8.56. The molecule has 0 bridgehead atoms. The lowest BCUT2D eigenvalue weighted by molar-refractivity contribution is 0.547. The summed E-state index contributed by atoms with van der Waals surface area (Å²) in [4.78, 5) is 0. The fourth-order valence-electron chi connectivity index (χ4n) is 2.50. The first kappa shape index (κ1) is 21.5. The fourth-order valence-corrected chi connectivity index (χ4v) is 3.81. The third-order valence-electron chi connectivity index (χ3n) is 3.78. The Bertz CT molecular complexity index is 158. The van der Waals surface area contributed by atoms with E-state index in [9.17, 15) is 0 Å². The first-order chi connectivity index (χ1) is 8.56. The van der Waals surface area contributed by atoms with Crippen LogP contribution in [0.4, 0.5) is 0 Å². The molecule has 0 aromatic rings. The van der Waals surface area contributed by atoms with Gasteiger partial charge in [0, 0.05) is 8.07 Å². The SMILES string of the molecule is C.CCCCCCCCCCCCCC[Si](C)(C)C. The summed E-state index contributed by atoms with van der Waals surface area (Å²) in [5.74, 6) is 0. The largest absolute Gasteiger partial charge is 0.0776 e. The highest BCUT2D eigenvalue weighted by Crippen LogP contribution is 2.16. The zero-order valence-electron chi connectivity index (χ0n) is 13.7. The van der Waals surface area contributed by atoms with Crippen LogP contribution in [0.25, 0.3) is 0 Å².